The van der Waals surface area contributed by atoms with Crippen LogP contribution in [0.5, 0.6) is 0 Å². The molecule has 0 aliphatic heterocycles. The van der Waals surface area contributed by atoms with E-state index >= 15 is 0 Å². The second-order valence-corrected chi connectivity index (χ2v) is 4.89. The smallest absolute Gasteiger partial charge is 0.132 e. The number of nitrogen functional groups attached to an aromatic ring is 1. The van der Waals surface area contributed by atoms with Crippen molar-refractivity contribution in [2.45, 2.75) is 25.3 Å². The quantitative estimate of drug-likeness (QED) is 0.854. The predicted octanol–water partition coefficient (Wildman–Crippen LogP) is 3.33. The molecule has 1 aliphatic rings. The van der Waals surface area contributed by atoms with E-state index in [1.807, 2.05) is 10.6 Å². The van der Waals surface area contributed by atoms with Gasteiger partial charge >= 0.3 is 0 Å². The maximum absolute atomic E-state index is 13.3. The number of nitrogens with zero attached hydrogens (tertiary/aromatic N) is 2. The number of benzene rings is 1. The third-order valence-corrected chi connectivity index (χ3v) is 3.39. The van der Waals surface area contributed by atoms with E-state index in [2.05, 4.69) is 11.6 Å². The van der Waals surface area contributed by atoms with Gasteiger partial charge in [0, 0.05) is 18.0 Å². The van der Waals surface area contributed by atoms with Crippen LogP contribution in [0.15, 0.2) is 36.9 Å². The summed E-state index contributed by atoms with van der Waals surface area (Å²) in [5, 5.41) is 0. The molecule has 1 aromatic carbocycles. The summed E-state index contributed by atoms with van der Waals surface area (Å²) in [7, 11) is 0. The topological polar surface area (TPSA) is 43.8 Å². The average molecular weight is 257 g/mol. The summed E-state index contributed by atoms with van der Waals surface area (Å²) in [5.41, 5.74) is 7.56. The van der Waals surface area contributed by atoms with Crippen molar-refractivity contribution in [3.63, 3.8) is 0 Å². The standard InChI is InChI=1S/C15H16FN3/c1-2-8-19-14(17)13(18-15(19)10-6-7-10)11-4-3-5-12(16)9-11/h2-5,9-10H,1,6-8,17H2. The van der Waals surface area contributed by atoms with Gasteiger partial charge in [0.05, 0.1) is 0 Å². The molecule has 0 atom stereocenters. The molecule has 0 bridgehead atoms. The van der Waals surface area contributed by atoms with E-state index in [0.29, 0.717) is 24.0 Å². The van der Waals surface area contributed by atoms with E-state index < -0.39 is 0 Å². The maximum atomic E-state index is 13.3. The molecule has 1 saturated carbocycles. The van der Waals surface area contributed by atoms with Crippen LogP contribution in [0.2, 0.25) is 0 Å². The van der Waals surface area contributed by atoms with E-state index in [-0.39, 0.29) is 5.82 Å². The van der Waals surface area contributed by atoms with Gasteiger partial charge in [-0.1, -0.05) is 18.2 Å². The molecule has 3 rings (SSSR count). The SMILES string of the molecule is C=CCn1c(C2CC2)nc(-c2cccc(F)c2)c1N. The number of hydrogen-bond acceptors (Lipinski definition) is 2. The van der Waals surface area contributed by atoms with E-state index in [1.54, 1.807) is 12.1 Å². The van der Waals surface area contributed by atoms with Gasteiger partial charge in [0.1, 0.15) is 23.2 Å². The zero-order valence-corrected chi connectivity index (χ0v) is 10.6. The molecule has 4 heteroatoms. The molecule has 1 fully saturated rings. The van der Waals surface area contributed by atoms with Crippen LogP contribution in [0.3, 0.4) is 0 Å². The van der Waals surface area contributed by atoms with Crippen LogP contribution in [0.25, 0.3) is 11.3 Å². The molecule has 3 nitrogen and oxygen atoms in total. The maximum Gasteiger partial charge on any atom is 0.132 e. The minimum absolute atomic E-state index is 0.275. The Morgan fingerprint density at radius 3 is 2.89 bits per heavy atom. The van der Waals surface area contributed by atoms with E-state index in [0.717, 1.165) is 24.2 Å². The molecule has 0 unspecified atom stereocenters. The first-order valence-corrected chi connectivity index (χ1v) is 6.43. The number of hydrogen-bond donors (Lipinski definition) is 1. The third kappa shape index (κ3) is 2.14. The summed E-state index contributed by atoms with van der Waals surface area (Å²) in [6.07, 6.45) is 4.10. The van der Waals surface area contributed by atoms with Crippen molar-refractivity contribution < 1.29 is 4.39 Å². The molecule has 1 aromatic heterocycles. The highest BCUT2D eigenvalue weighted by atomic mass is 19.1. The van der Waals surface area contributed by atoms with Crippen molar-refractivity contribution in [1.29, 1.82) is 0 Å². The average Bonchev–Trinajstić information content (AvgIpc) is 3.17. The first-order chi connectivity index (χ1) is 9.20. The predicted molar refractivity (Wildman–Crippen MR) is 74.2 cm³/mol. The first-order valence-electron chi connectivity index (χ1n) is 6.43. The Morgan fingerprint density at radius 2 is 2.26 bits per heavy atom. The fourth-order valence-corrected chi connectivity index (χ4v) is 2.31. The Labute approximate surface area is 111 Å². The Balaban J connectivity index is 2.11. The van der Waals surface area contributed by atoms with Gasteiger partial charge in [-0.25, -0.2) is 9.37 Å². The Morgan fingerprint density at radius 1 is 1.47 bits per heavy atom. The number of rotatable bonds is 4. The lowest BCUT2D eigenvalue weighted by molar-refractivity contribution is 0.628. The molecule has 1 aliphatic carbocycles. The van der Waals surface area contributed by atoms with Gasteiger partial charge in [-0.05, 0) is 25.0 Å². The van der Waals surface area contributed by atoms with Crippen LogP contribution in [0.4, 0.5) is 10.2 Å². The number of halogens is 1. The fourth-order valence-electron chi connectivity index (χ4n) is 2.31. The van der Waals surface area contributed by atoms with Crippen LogP contribution in [0, 0.1) is 5.82 Å². The molecule has 0 radical (unpaired) electrons. The molecular formula is C15H16FN3. The normalized spacial score (nSPS) is 14.6. The van der Waals surface area contributed by atoms with E-state index in [9.17, 15) is 4.39 Å². The van der Waals surface area contributed by atoms with Crippen LogP contribution < -0.4 is 5.73 Å². The zero-order chi connectivity index (χ0) is 13.4. The summed E-state index contributed by atoms with van der Waals surface area (Å²) in [4.78, 5) is 4.63. The molecular weight excluding hydrogens is 241 g/mol. The van der Waals surface area contributed by atoms with Crippen LogP contribution >= 0.6 is 0 Å². The highest BCUT2D eigenvalue weighted by Gasteiger charge is 2.30. The Bertz CT molecular complexity index is 626. The molecule has 0 amide bonds. The summed E-state index contributed by atoms with van der Waals surface area (Å²) < 4.78 is 15.3. The van der Waals surface area contributed by atoms with Crippen LogP contribution in [-0.4, -0.2) is 9.55 Å². The number of imidazole rings is 1. The lowest BCUT2D eigenvalue weighted by Gasteiger charge is -2.05. The molecule has 0 saturated heterocycles. The minimum atomic E-state index is -0.275. The highest BCUT2D eigenvalue weighted by molar-refractivity contribution is 5.71. The van der Waals surface area contributed by atoms with E-state index in [4.69, 9.17) is 5.73 Å². The van der Waals surface area contributed by atoms with Crippen molar-refractivity contribution in [1.82, 2.24) is 9.55 Å². The van der Waals surface area contributed by atoms with Crippen molar-refractivity contribution in [2.24, 2.45) is 0 Å². The number of anilines is 1. The van der Waals surface area contributed by atoms with Gasteiger partial charge < -0.3 is 10.3 Å². The van der Waals surface area contributed by atoms with Crippen molar-refractivity contribution in [3.05, 3.63) is 48.6 Å². The third-order valence-electron chi connectivity index (χ3n) is 3.39. The van der Waals surface area contributed by atoms with Crippen molar-refractivity contribution in [2.75, 3.05) is 5.73 Å². The zero-order valence-electron chi connectivity index (χ0n) is 10.6. The summed E-state index contributed by atoms with van der Waals surface area (Å²) in [6, 6.07) is 6.39. The van der Waals surface area contributed by atoms with Crippen molar-refractivity contribution >= 4 is 5.82 Å². The Hall–Kier alpha value is -2.10. The second kappa shape index (κ2) is 4.53. The van der Waals surface area contributed by atoms with Gasteiger partial charge in [-0.3, -0.25) is 0 Å². The van der Waals surface area contributed by atoms with E-state index in [1.165, 1.54) is 12.1 Å². The molecule has 0 spiro atoms. The summed E-state index contributed by atoms with van der Waals surface area (Å²) in [6.45, 7) is 4.39. The number of allylic oxidation sites excluding steroid dienone is 1. The lowest BCUT2D eigenvalue weighted by atomic mass is 10.1. The monoisotopic (exact) mass is 257 g/mol. The summed E-state index contributed by atoms with van der Waals surface area (Å²) >= 11 is 0. The highest BCUT2D eigenvalue weighted by Crippen LogP contribution is 2.42. The van der Waals surface area contributed by atoms with Gasteiger partial charge in [0.25, 0.3) is 0 Å². The lowest BCUT2D eigenvalue weighted by Crippen LogP contribution is -2.05. The van der Waals surface area contributed by atoms with Gasteiger partial charge in [0.15, 0.2) is 0 Å². The van der Waals surface area contributed by atoms with Crippen LogP contribution in [0.1, 0.15) is 24.6 Å². The largest absolute Gasteiger partial charge is 0.383 e. The van der Waals surface area contributed by atoms with Gasteiger partial charge in [-0.2, -0.15) is 0 Å². The molecule has 1 heterocycles. The molecule has 2 aromatic rings. The molecule has 2 N–H and O–H groups in total. The molecule has 98 valence electrons. The minimum Gasteiger partial charge on any atom is -0.383 e. The Kier molecular flexibility index (Phi) is 2.85. The fraction of sp³-hybridized carbons (Fsp3) is 0.267. The van der Waals surface area contributed by atoms with Crippen LogP contribution in [-0.2, 0) is 6.54 Å². The van der Waals surface area contributed by atoms with Gasteiger partial charge in [-0.15, -0.1) is 6.58 Å². The number of aromatic nitrogens is 2. The molecule has 19 heavy (non-hydrogen) atoms. The van der Waals surface area contributed by atoms with Gasteiger partial charge in [0.2, 0.25) is 0 Å². The second-order valence-electron chi connectivity index (χ2n) is 4.89. The number of nitrogens with two attached hydrogens (primary N) is 1. The summed E-state index contributed by atoms with van der Waals surface area (Å²) in [5.74, 6) is 1.80. The van der Waals surface area contributed by atoms with Crippen molar-refractivity contribution in [3.8, 4) is 11.3 Å². The first kappa shape index (κ1) is 12.0.